The SMILES string of the molecule is O=C([C@@H](O)Cc1ccccc1)N1CC[C@]2(CCCOC2)C1. The van der Waals surface area contributed by atoms with E-state index in [4.69, 9.17) is 4.74 Å². The van der Waals surface area contributed by atoms with Gasteiger partial charge in [-0.1, -0.05) is 30.3 Å². The summed E-state index contributed by atoms with van der Waals surface area (Å²) in [6, 6.07) is 9.67. The molecule has 21 heavy (non-hydrogen) atoms. The fraction of sp³-hybridized carbons (Fsp3) is 0.588. The zero-order valence-electron chi connectivity index (χ0n) is 12.3. The Kier molecular flexibility index (Phi) is 4.27. The number of ether oxygens (including phenoxy) is 1. The Morgan fingerprint density at radius 3 is 2.86 bits per heavy atom. The second-order valence-electron chi connectivity index (χ2n) is 6.37. The second-order valence-corrected chi connectivity index (χ2v) is 6.37. The van der Waals surface area contributed by atoms with E-state index in [1.165, 1.54) is 0 Å². The third kappa shape index (κ3) is 3.27. The van der Waals surface area contributed by atoms with Gasteiger partial charge in [-0.2, -0.15) is 0 Å². The number of aliphatic hydroxyl groups is 1. The molecule has 114 valence electrons. The molecule has 1 aromatic rings. The lowest BCUT2D eigenvalue weighted by molar-refractivity contribution is -0.139. The molecule has 2 fully saturated rings. The van der Waals surface area contributed by atoms with Crippen LogP contribution in [-0.2, 0) is 16.0 Å². The van der Waals surface area contributed by atoms with Gasteiger partial charge in [0.1, 0.15) is 6.10 Å². The Hall–Kier alpha value is -1.39. The van der Waals surface area contributed by atoms with E-state index in [9.17, 15) is 9.90 Å². The highest BCUT2D eigenvalue weighted by Crippen LogP contribution is 2.38. The molecule has 0 aliphatic carbocycles. The Balaban J connectivity index is 1.58. The molecule has 2 heterocycles. The van der Waals surface area contributed by atoms with E-state index >= 15 is 0 Å². The predicted octanol–water partition coefficient (Wildman–Crippen LogP) is 1.62. The van der Waals surface area contributed by atoms with Crippen molar-refractivity contribution in [3.63, 3.8) is 0 Å². The third-order valence-corrected chi connectivity index (χ3v) is 4.71. The van der Waals surface area contributed by atoms with Crippen LogP contribution in [0.15, 0.2) is 30.3 Å². The maximum absolute atomic E-state index is 12.4. The first-order valence-corrected chi connectivity index (χ1v) is 7.77. The van der Waals surface area contributed by atoms with Gasteiger partial charge < -0.3 is 14.7 Å². The van der Waals surface area contributed by atoms with Crippen LogP contribution < -0.4 is 0 Å². The number of hydrogen-bond acceptors (Lipinski definition) is 3. The molecule has 4 nitrogen and oxygen atoms in total. The molecule has 0 unspecified atom stereocenters. The Labute approximate surface area is 125 Å². The van der Waals surface area contributed by atoms with Gasteiger partial charge in [-0.15, -0.1) is 0 Å². The van der Waals surface area contributed by atoms with Gasteiger partial charge in [0.05, 0.1) is 6.61 Å². The van der Waals surface area contributed by atoms with E-state index in [0.29, 0.717) is 6.42 Å². The zero-order chi connectivity index (χ0) is 14.7. The Morgan fingerprint density at radius 2 is 2.14 bits per heavy atom. The molecule has 1 N–H and O–H groups in total. The van der Waals surface area contributed by atoms with Crippen LogP contribution in [0.1, 0.15) is 24.8 Å². The van der Waals surface area contributed by atoms with Gasteiger partial charge in [0, 0.05) is 31.5 Å². The van der Waals surface area contributed by atoms with Crippen LogP contribution in [0.4, 0.5) is 0 Å². The lowest BCUT2D eigenvalue weighted by atomic mass is 9.82. The Bertz CT molecular complexity index is 482. The van der Waals surface area contributed by atoms with Crippen LogP contribution in [0, 0.1) is 5.41 Å². The number of amides is 1. The summed E-state index contributed by atoms with van der Waals surface area (Å²) in [5.74, 6) is -0.138. The normalized spacial score (nSPS) is 27.0. The topological polar surface area (TPSA) is 49.8 Å². The number of nitrogens with zero attached hydrogens (tertiary/aromatic N) is 1. The summed E-state index contributed by atoms with van der Waals surface area (Å²) in [5.41, 5.74) is 1.13. The molecule has 2 aliphatic heterocycles. The van der Waals surface area contributed by atoms with Gasteiger partial charge in [0.25, 0.3) is 5.91 Å². The highest BCUT2D eigenvalue weighted by atomic mass is 16.5. The number of hydrogen-bond donors (Lipinski definition) is 1. The average molecular weight is 289 g/mol. The monoisotopic (exact) mass is 289 g/mol. The van der Waals surface area contributed by atoms with E-state index in [1.807, 2.05) is 35.2 Å². The van der Waals surface area contributed by atoms with Crippen LogP contribution in [0.5, 0.6) is 0 Å². The van der Waals surface area contributed by atoms with Crippen LogP contribution in [0.2, 0.25) is 0 Å². The standard InChI is InChI=1S/C17H23NO3/c19-15(11-14-5-2-1-3-6-14)16(20)18-9-8-17(12-18)7-4-10-21-13-17/h1-3,5-6,15,19H,4,7-13H2/t15-,17+/m0/s1. The van der Waals surface area contributed by atoms with Gasteiger partial charge in [-0.25, -0.2) is 0 Å². The number of likely N-dealkylation sites (tertiary alicyclic amines) is 1. The van der Waals surface area contributed by atoms with Crippen molar-refractivity contribution in [1.29, 1.82) is 0 Å². The van der Waals surface area contributed by atoms with Gasteiger partial charge in [-0.3, -0.25) is 4.79 Å². The second kappa shape index (κ2) is 6.16. The van der Waals surface area contributed by atoms with Crippen LogP contribution in [0.25, 0.3) is 0 Å². The zero-order valence-corrected chi connectivity index (χ0v) is 12.3. The third-order valence-electron chi connectivity index (χ3n) is 4.71. The predicted molar refractivity (Wildman–Crippen MR) is 79.8 cm³/mol. The fourth-order valence-corrected chi connectivity index (χ4v) is 3.49. The van der Waals surface area contributed by atoms with Crippen LogP contribution in [0.3, 0.4) is 0 Å². The van der Waals surface area contributed by atoms with E-state index in [0.717, 1.165) is 51.1 Å². The van der Waals surface area contributed by atoms with E-state index < -0.39 is 6.10 Å². The summed E-state index contributed by atoms with van der Waals surface area (Å²) >= 11 is 0. The van der Waals surface area contributed by atoms with Crippen LogP contribution >= 0.6 is 0 Å². The molecule has 1 spiro atoms. The van der Waals surface area contributed by atoms with Crippen molar-refractivity contribution in [1.82, 2.24) is 4.90 Å². The molecule has 3 rings (SSSR count). The molecule has 0 radical (unpaired) electrons. The van der Waals surface area contributed by atoms with E-state index in [1.54, 1.807) is 0 Å². The van der Waals surface area contributed by atoms with Crippen molar-refractivity contribution in [3.8, 4) is 0 Å². The number of benzene rings is 1. The number of rotatable bonds is 3. The molecule has 2 aliphatic rings. The summed E-state index contributed by atoms with van der Waals surface area (Å²) in [7, 11) is 0. The summed E-state index contributed by atoms with van der Waals surface area (Å²) in [6.45, 7) is 3.07. The lowest BCUT2D eigenvalue weighted by Crippen LogP contribution is -2.41. The molecule has 2 atom stereocenters. The molecule has 0 bridgehead atoms. The molecule has 4 heteroatoms. The number of aliphatic hydroxyl groups excluding tert-OH is 1. The van der Waals surface area contributed by atoms with Crippen molar-refractivity contribution in [2.75, 3.05) is 26.3 Å². The summed E-state index contributed by atoms with van der Waals surface area (Å²) in [4.78, 5) is 14.2. The fourth-order valence-electron chi connectivity index (χ4n) is 3.49. The van der Waals surface area contributed by atoms with Gasteiger partial charge in [-0.05, 0) is 24.8 Å². The van der Waals surface area contributed by atoms with Crippen molar-refractivity contribution in [2.24, 2.45) is 5.41 Å². The largest absolute Gasteiger partial charge is 0.383 e. The van der Waals surface area contributed by atoms with Crippen molar-refractivity contribution in [2.45, 2.75) is 31.8 Å². The van der Waals surface area contributed by atoms with Crippen LogP contribution in [-0.4, -0.2) is 48.3 Å². The Morgan fingerprint density at radius 1 is 1.33 bits per heavy atom. The smallest absolute Gasteiger partial charge is 0.251 e. The first kappa shape index (κ1) is 14.5. The van der Waals surface area contributed by atoms with E-state index in [2.05, 4.69) is 0 Å². The minimum atomic E-state index is -0.938. The molecular formula is C17H23NO3. The molecular weight excluding hydrogens is 266 g/mol. The van der Waals surface area contributed by atoms with Gasteiger partial charge in [0.15, 0.2) is 0 Å². The molecule has 1 aromatic carbocycles. The first-order chi connectivity index (χ1) is 10.2. The maximum atomic E-state index is 12.4. The lowest BCUT2D eigenvalue weighted by Gasteiger charge is -2.33. The number of carbonyl (C=O) groups is 1. The number of carbonyl (C=O) groups excluding carboxylic acids is 1. The van der Waals surface area contributed by atoms with Gasteiger partial charge >= 0.3 is 0 Å². The summed E-state index contributed by atoms with van der Waals surface area (Å²) in [5, 5.41) is 10.2. The highest BCUT2D eigenvalue weighted by molar-refractivity contribution is 5.81. The van der Waals surface area contributed by atoms with Gasteiger partial charge in [0.2, 0.25) is 0 Å². The van der Waals surface area contributed by atoms with Crippen molar-refractivity contribution >= 4 is 5.91 Å². The van der Waals surface area contributed by atoms with E-state index in [-0.39, 0.29) is 11.3 Å². The highest BCUT2D eigenvalue weighted by Gasteiger charge is 2.42. The first-order valence-electron chi connectivity index (χ1n) is 7.77. The summed E-state index contributed by atoms with van der Waals surface area (Å²) < 4.78 is 5.59. The average Bonchev–Trinajstić information content (AvgIpc) is 2.92. The van der Waals surface area contributed by atoms with Crippen molar-refractivity contribution < 1.29 is 14.6 Å². The summed E-state index contributed by atoms with van der Waals surface area (Å²) in [6.07, 6.45) is 2.66. The molecule has 2 saturated heterocycles. The molecule has 0 saturated carbocycles. The van der Waals surface area contributed by atoms with Crippen molar-refractivity contribution in [3.05, 3.63) is 35.9 Å². The quantitative estimate of drug-likeness (QED) is 0.920. The molecule has 1 amide bonds. The molecule has 0 aromatic heterocycles. The maximum Gasteiger partial charge on any atom is 0.251 e. The minimum Gasteiger partial charge on any atom is -0.383 e. The minimum absolute atomic E-state index is 0.138.